The molecular formula is C19H28N2O3. The summed E-state index contributed by atoms with van der Waals surface area (Å²) < 4.78 is 0. The molecule has 0 radical (unpaired) electrons. The quantitative estimate of drug-likeness (QED) is 0.841. The normalized spacial score (nSPS) is 15.6. The zero-order valence-corrected chi connectivity index (χ0v) is 14.6. The highest BCUT2D eigenvalue weighted by Gasteiger charge is 2.22. The highest BCUT2D eigenvalue weighted by molar-refractivity contribution is 5.95. The molecule has 2 amide bonds. The minimum atomic E-state index is -0.290. The molecule has 1 aromatic rings. The minimum absolute atomic E-state index is 0.0168. The van der Waals surface area contributed by atoms with Crippen molar-refractivity contribution in [3.63, 3.8) is 0 Å². The molecule has 2 rings (SSSR count). The number of rotatable bonds is 6. The van der Waals surface area contributed by atoms with Gasteiger partial charge in [0.15, 0.2) is 0 Å². The maximum atomic E-state index is 12.4. The summed E-state index contributed by atoms with van der Waals surface area (Å²) in [6, 6.07) is 7.05. The highest BCUT2D eigenvalue weighted by Crippen LogP contribution is 2.17. The molecule has 0 atom stereocenters. The number of likely N-dealkylation sites (tertiary alicyclic amines) is 1. The molecule has 0 bridgehead atoms. The lowest BCUT2D eigenvalue weighted by Crippen LogP contribution is -2.40. The minimum Gasteiger partial charge on any atom is -0.393 e. The van der Waals surface area contributed by atoms with E-state index in [1.165, 1.54) is 0 Å². The molecule has 0 saturated carbocycles. The summed E-state index contributed by atoms with van der Waals surface area (Å²) in [4.78, 5) is 26.2. The smallest absolute Gasteiger partial charge is 0.253 e. The van der Waals surface area contributed by atoms with Gasteiger partial charge in [-0.25, -0.2) is 0 Å². The van der Waals surface area contributed by atoms with E-state index >= 15 is 0 Å². The lowest BCUT2D eigenvalue weighted by Gasteiger charge is -2.29. The summed E-state index contributed by atoms with van der Waals surface area (Å²) >= 11 is 0. The second kappa shape index (κ2) is 8.83. The molecule has 0 aromatic heterocycles. The molecule has 132 valence electrons. The topological polar surface area (TPSA) is 69.6 Å². The van der Waals surface area contributed by atoms with Crippen molar-refractivity contribution < 1.29 is 14.7 Å². The number of hydrogen-bond acceptors (Lipinski definition) is 3. The first-order valence-electron chi connectivity index (χ1n) is 8.90. The number of benzene rings is 1. The monoisotopic (exact) mass is 332 g/mol. The van der Waals surface area contributed by atoms with Crippen LogP contribution in [0.3, 0.4) is 0 Å². The Labute approximate surface area is 144 Å². The molecule has 1 fully saturated rings. The average molecular weight is 332 g/mol. The van der Waals surface area contributed by atoms with Gasteiger partial charge in [-0.05, 0) is 43.0 Å². The van der Waals surface area contributed by atoms with Gasteiger partial charge in [-0.15, -0.1) is 0 Å². The van der Waals surface area contributed by atoms with E-state index in [2.05, 4.69) is 19.2 Å². The number of carbonyl (C=O) groups is 2. The van der Waals surface area contributed by atoms with Crippen molar-refractivity contribution in [3.05, 3.63) is 29.8 Å². The molecule has 5 heteroatoms. The predicted octanol–water partition coefficient (Wildman–Crippen LogP) is 3.05. The zero-order chi connectivity index (χ0) is 17.5. The molecular weight excluding hydrogens is 304 g/mol. The summed E-state index contributed by atoms with van der Waals surface area (Å²) in [5.74, 6) is 0.421. The van der Waals surface area contributed by atoms with Crippen LogP contribution in [0, 0.1) is 5.92 Å². The van der Waals surface area contributed by atoms with Crippen molar-refractivity contribution in [2.45, 2.75) is 52.1 Å². The van der Waals surface area contributed by atoms with Crippen LogP contribution in [0.4, 0.5) is 5.69 Å². The van der Waals surface area contributed by atoms with Gasteiger partial charge < -0.3 is 15.3 Å². The summed E-state index contributed by atoms with van der Waals surface area (Å²) in [6.07, 6.45) is 3.51. The Morgan fingerprint density at radius 3 is 2.29 bits per heavy atom. The molecule has 2 N–H and O–H groups in total. The average Bonchev–Trinajstić information content (AvgIpc) is 2.60. The molecule has 0 spiro atoms. The van der Waals surface area contributed by atoms with Crippen LogP contribution in [0.25, 0.3) is 0 Å². The zero-order valence-electron chi connectivity index (χ0n) is 14.6. The lowest BCUT2D eigenvalue weighted by atomic mass is 9.99. The molecule has 1 aromatic carbocycles. The van der Waals surface area contributed by atoms with Crippen LogP contribution in [-0.2, 0) is 4.79 Å². The van der Waals surface area contributed by atoms with E-state index in [4.69, 9.17) is 0 Å². The summed E-state index contributed by atoms with van der Waals surface area (Å²) in [5, 5.41) is 12.4. The van der Waals surface area contributed by atoms with E-state index in [-0.39, 0.29) is 17.9 Å². The molecule has 1 saturated heterocycles. The first-order chi connectivity index (χ1) is 11.5. The van der Waals surface area contributed by atoms with Crippen molar-refractivity contribution in [2.75, 3.05) is 18.4 Å². The van der Waals surface area contributed by atoms with Crippen LogP contribution < -0.4 is 5.32 Å². The van der Waals surface area contributed by atoms with Crippen LogP contribution in [0.5, 0.6) is 0 Å². The lowest BCUT2D eigenvalue weighted by molar-refractivity contribution is -0.117. The third-order valence-electron chi connectivity index (χ3n) is 4.80. The van der Waals surface area contributed by atoms with Crippen molar-refractivity contribution in [2.24, 2.45) is 5.92 Å². The number of amides is 2. The third-order valence-corrected chi connectivity index (χ3v) is 4.80. The standard InChI is InChI=1S/C19H28N2O3/c1-3-14(4-2)13-18(23)20-16-7-5-15(6-8-16)19(24)21-11-9-17(22)10-12-21/h5-8,14,17,22H,3-4,9-13H2,1-2H3,(H,20,23). The predicted molar refractivity (Wildman–Crippen MR) is 94.9 cm³/mol. The SMILES string of the molecule is CCC(CC)CC(=O)Nc1ccc(C(=O)N2CCC(O)CC2)cc1. The van der Waals surface area contributed by atoms with E-state index < -0.39 is 0 Å². The number of carbonyl (C=O) groups excluding carboxylic acids is 2. The van der Waals surface area contributed by atoms with Gasteiger partial charge in [-0.3, -0.25) is 9.59 Å². The van der Waals surface area contributed by atoms with E-state index in [1.807, 2.05) is 0 Å². The Morgan fingerprint density at radius 2 is 1.75 bits per heavy atom. The van der Waals surface area contributed by atoms with E-state index in [0.29, 0.717) is 43.8 Å². The fourth-order valence-corrected chi connectivity index (χ4v) is 3.00. The largest absolute Gasteiger partial charge is 0.393 e. The second-order valence-corrected chi connectivity index (χ2v) is 6.54. The number of hydrogen-bond donors (Lipinski definition) is 2. The number of aliphatic hydroxyl groups is 1. The summed E-state index contributed by atoms with van der Waals surface area (Å²) in [5.41, 5.74) is 1.33. The molecule has 0 aliphatic carbocycles. The summed E-state index contributed by atoms with van der Waals surface area (Å²) in [6.45, 7) is 5.38. The van der Waals surface area contributed by atoms with Gasteiger partial charge in [-0.2, -0.15) is 0 Å². The van der Waals surface area contributed by atoms with E-state index in [9.17, 15) is 14.7 Å². The van der Waals surface area contributed by atoms with E-state index in [1.54, 1.807) is 29.2 Å². The second-order valence-electron chi connectivity index (χ2n) is 6.54. The van der Waals surface area contributed by atoms with Gasteiger partial charge in [0.25, 0.3) is 5.91 Å². The fraction of sp³-hybridized carbons (Fsp3) is 0.579. The Hall–Kier alpha value is -1.88. The fourth-order valence-electron chi connectivity index (χ4n) is 3.00. The number of piperidine rings is 1. The molecule has 1 heterocycles. The van der Waals surface area contributed by atoms with Gasteiger partial charge in [0.2, 0.25) is 5.91 Å². The van der Waals surface area contributed by atoms with Crippen molar-refractivity contribution in [1.29, 1.82) is 0 Å². The van der Waals surface area contributed by atoms with Crippen molar-refractivity contribution >= 4 is 17.5 Å². The number of anilines is 1. The van der Waals surface area contributed by atoms with Crippen LogP contribution in [0.2, 0.25) is 0 Å². The Bertz CT molecular complexity index is 544. The van der Waals surface area contributed by atoms with Gasteiger partial charge in [0.05, 0.1) is 6.10 Å². The third kappa shape index (κ3) is 5.06. The van der Waals surface area contributed by atoms with Crippen LogP contribution in [-0.4, -0.2) is 41.0 Å². The number of nitrogens with zero attached hydrogens (tertiary/aromatic N) is 1. The van der Waals surface area contributed by atoms with Gasteiger partial charge in [-0.1, -0.05) is 26.7 Å². The maximum absolute atomic E-state index is 12.4. The van der Waals surface area contributed by atoms with Crippen molar-refractivity contribution in [3.8, 4) is 0 Å². The van der Waals surface area contributed by atoms with Crippen molar-refractivity contribution in [1.82, 2.24) is 4.90 Å². The first-order valence-corrected chi connectivity index (χ1v) is 8.90. The highest BCUT2D eigenvalue weighted by atomic mass is 16.3. The van der Waals surface area contributed by atoms with Gasteiger partial charge in [0.1, 0.15) is 0 Å². The number of nitrogens with one attached hydrogen (secondary N) is 1. The Balaban J connectivity index is 1.90. The van der Waals surface area contributed by atoms with Crippen LogP contribution >= 0.6 is 0 Å². The Kier molecular flexibility index (Phi) is 6.79. The maximum Gasteiger partial charge on any atom is 0.253 e. The molecule has 1 aliphatic heterocycles. The summed E-state index contributed by atoms with van der Waals surface area (Å²) in [7, 11) is 0. The molecule has 0 unspecified atom stereocenters. The molecule has 1 aliphatic rings. The van der Waals surface area contributed by atoms with Crippen LogP contribution in [0.1, 0.15) is 56.3 Å². The van der Waals surface area contributed by atoms with Crippen LogP contribution in [0.15, 0.2) is 24.3 Å². The molecule has 24 heavy (non-hydrogen) atoms. The van der Waals surface area contributed by atoms with Gasteiger partial charge in [0, 0.05) is 30.8 Å². The van der Waals surface area contributed by atoms with E-state index in [0.717, 1.165) is 18.5 Å². The first kappa shape index (κ1) is 18.5. The number of aliphatic hydroxyl groups excluding tert-OH is 1. The Morgan fingerprint density at radius 1 is 1.17 bits per heavy atom. The van der Waals surface area contributed by atoms with Gasteiger partial charge >= 0.3 is 0 Å². The molecule has 5 nitrogen and oxygen atoms in total.